The van der Waals surface area contributed by atoms with Crippen LogP contribution in [0.2, 0.25) is 0 Å². The van der Waals surface area contributed by atoms with Crippen LogP contribution in [0.4, 0.5) is 0 Å². The Kier molecular flexibility index (Phi) is 5.37. The van der Waals surface area contributed by atoms with E-state index in [0.29, 0.717) is 0 Å². The molecule has 0 aromatic rings. The fourth-order valence-electron chi connectivity index (χ4n) is 3.60. The second-order valence-corrected chi connectivity index (χ2v) is 7.66. The quantitative estimate of drug-likeness (QED) is 0.861. The van der Waals surface area contributed by atoms with Crippen LogP contribution in [0.25, 0.3) is 0 Å². The third kappa shape index (κ3) is 3.31. The summed E-state index contributed by atoms with van der Waals surface area (Å²) in [6, 6.07) is 2.32. The molecule has 3 nitrogen and oxygen atoms in total. The average Bonchev–Trinajstić information content (AvgIpc) is 2.54. The van der Waals surface area contributed by atoms with Gasteiger partial charge in [0.25, 0.3) is 0 Å². The monoisotopic (exact) mass is 294 g/mol. The van der Waals surface area contributed by atoms with Gasteiger partial charge in [-0.25, -0.2) is 0 Å². The molecule has 0 unspecified atom stereocenters. The number of carbonyl (C=O) groups is 1. The van der Waals surface area contributed by atoms with Gasteiger partial charge in [-0.2, -0.15) is 17.0 Å². The third-order valence-electron chi connectivity index (χ3n) is 5.12. The van der Waals surface area contributed by atoms with E-state index in [1.54, 1.807) is 0 Å². The summed E-state index contributed by atoms with van der Waals surface area (Å²) in [5, 5.41) is 12.6. The molecule has 2 aliphatic rings. The highest BCUT2D eigenvalue weighted by Gasteiger charge is 2.41. The van der Waals surface area contributed by atoms with Gasteiger partial charge in [-0.3, -0.25) is 4.79 Å². The number of nitriles is 1. The smallest absolute Gasteiger partial charge is 0.240 e. The predicted molar refractivity (Wildman–Crippen MR) is 83.5 cm³/mol. The van der Waals surface area contributed by atoms with Crippen LogP contribution in [-0.2, 0) is 4.79 Å². The molecule has 1 amide bonds. The van der Waals surface area contributed by atoms with Crippen molar-refractivity contribution >= 4 is 17.7 Å². The van der Waals surface area contributed by atoms with Gasteiger partial charge in [-0.05, 0) is 31.9 Å². The van der Waals surface area contributed by atoms with Crippen molar-refractivity contribution in [2.75, 3.05) is 12.8 Å². The number of nitrogens with one attached hydrogen (secondary N) is 1. The van der Waals surface area contributed by atoms with Crippen LogP contribution in [0.5, 0.6) is 0 Å². The van der Waals surface area contributed by atoms with Crippen LogP contribution in [0.3, 0.4) is 0 Å². The van der Waals surface area contributed by atoms with E-state index in [2.05, 4.69) is 17.6 Å². The Morgan fingerprint density at radius 2 is 1.65 bits per heavy atom. The van der Waals surface area contributed by atoms with E-state index >= 15 is 0 Å². The highest BCUT2D eigenvalue weighted by Crippen LogP contribution is 2.39. The molecular formula is C16H26N2OS. The molecule has 0 bridgehead atoms. The maximum Gasteiger partial charge on any atom is 0.240 e. The standard InChI is InChI=1S/C16H26N2OS/c1-20-16(10-6-3-7-11-16)13-18-14(19)15(12-17)8-4-2-5-9-15/h2-11,13H2,1H3,(H,18,19). The van der Waals surface area contributed by atoms with Crippen molar-refractivity contribution in [1.29, 1.82) is 5.26 Å². The lowest BCUT2D eigenvalue weighted by atomic mass is 9.74. The molecule has 0 heterocycles. The maximum absolute atomic E-state index is 12.5. The molecule has 0 aromatic heterocycles. The second-order valence-electron chi connectivity index (χ2n) is 6.39. The Morgan fingerprint density at radius 3 is 2.15 bits per heavy atom. The van der Waals surface area contributed by atoms with Crippen LogP contribution >= 0.6 is 11.8 Å². The molecule has 1 N–H and O–H groups in total. The van der Waals surface area contributed by atoms with E-state index in [1.807, 2.05) is 11.8 Å². The van der Waals surface area contributed by atoms with Crippen molar-refractivity contribution in [3.05, 3.63) is 0 Å². The van der Waals surface area contributed by atoms with Crippen LogP contribution in [0.15, 0.2) is 0 Å². The summed E-state index contributed by atoms with van der Waals surface area (Å²) in [6.45, 7) is 0.733. The summed E-state index contributed by atoms with van der Waals surface area (Å²) in [5.41, 5.74) is -0.744. The first-order valence-electron chi connectivity index (χ1n) is 7.91. The van der Waals surface area contributed by atoms with E-state index in [-0.39, 0.29) is 10.7 Å². The molecule has 112 valence electrons. The summed E-state index contributed by atoms with van der Waals surface area (Å²) < 4.78 is 0.208. The zero-order valence-corrected chi connectivity index (χ0v) is 13.4. The molecule has 4 heteroatoms. The summed E-state index contributed by atoms with van der Waals surface area (Å²) in [5.74, 6) is -0.0151. The Morgan fingerprint density at radius 1 is 1.10 bits per heavy atom. The van der Waals surface area contributed by atoms with Crippen molar-refractivity contribution in [2.45, 2.75) is 69.0 Å². The molecule has 0 spiro atoms. The molecule has 2 saturated carbocycles. The number of rotatable bonds is 4. The van der Waals surface area contributed by atoms with E-state index in [9.17, 15) is 10.1 Å². The highest BCUT2D eigenvalue weighted by molar-refractivity contribution is 8.00. The molecule has 0 aliphatic heterocycles. The molecule has 0 aromatic carbocycles. The number of thioether (sulfide) groups is 1. The number of hydrogen-bond donors (Lipinski definition) is 1. The van der Waals surface area contributed by atoms with Crippen LogP contribution in [0.1, 0.15) is 64.2 Å². The van der Waals surface area contributed by atoms with Gasteiger partial charge in [-0.1, -0.05) is 38.5 Å². The number of hydrogen-bond acceptors (Lipinski definition) is 3. The van der Waals surface area contributed by atoms with Crippen LogP contribution in [-0.4, -0.2) is 23.5 Å². The Labute approximate surface area is 126 Å². The zero-order valence-electron chi connectivity index (χ0n) is 12.5. The van der Waals surface area contributed by atoms with E-state index in [0.717, 1.165) is 38.6 Å². The van der Waals surface area contributed by atoms with Gasteiger partial charge in [0.1, 0.15) is 5.41 Å². The first-order valence-corrected chi connectivity index (χ1v) is 9.14. The fraction of sp³-hybridized carbons (Fsp3) is 0.875. The second kappa shape index (κ2) is 6.85. The highest BCUT2D eigenvalue weighted by atomic mass is 32.2. The lowest BCUT2D eigenvalue weighted by Crippen LogP contribution is -2.48. The van der Waals surface area contributed by atoms with Gasteiger partial charge in [0.05, 0.1) is 6.07 Å². The maximum atomic E-state index is 12.5. The van der Waals surface area contributed by atoms with Gasteiger partial charge >= 0.3 is 0 Å². The number of carbonyl (C=O) groups excluding carboxylic acids is 1. The van der Waals surface area contributed by atoms with E-state index in [4.69, 9.17) is 0 Å². The minimum absolute atomic E-state index is 0.0151. The Hall–Kier alpha value is -0.690. The minimum atomic E-state index is -0.744. The molecular weight excluding hydrogens is 268 g/mol. The van der Waals surface area contributed by atoms with Crippen molar-refractivity contribution in [2.24, 2.45) is 5.41 Å². The van der Waals surface area contributed by atoms with Crippen LogP contribution in [0, 0.1) is 16.7 Å². The number of amides is 1. The van der Waals surface area contributed by atoms with Crippen molar-refractivity contribution < 1.29 is 4.79 Å². The predicted octanol–water partition coefficient (Wildman–Crippen LogP) is 3.64. The van der Waals surface area contributed by atoms with Gasteiger partial charge in [0, 0.05) is 11.3 Å². The zero-order chi connectivity index (χ0) is 14.5. The summed E-state index contributed by atoms with van der Waals surface area (Å²) >= 11 is 1.89. The fourth-order valence-corrected chi connectivity index (χ4v) is 4.52. The van der Waals surface area contributed by atoms with E-state index in [1.165, 1.54) is 32.1 Å². The van der Waals surface area contributed by atoms with Crippen molar-refractivity contribution in [3.63, 3.8) is 0 Å². The lowest BCUT2D eigenvalue weighted by molar-refractivity contribution is -0.129. The number of nitrogens with zero attached hydrogens (tertiary/aromatic N) is 1. The van der Waals surface area contributed by atoms with Gasteiger partial charge in [0.15, 0.2) is 0 Å². The van der Waals surface area contributed by atoms with Gasteiger partial charge in [-0.15, -0.1) is 0 Å². The molecule has 0 radical (unpaired) electrons. The van der Waals surface area contributed by atoms with E-state index < -0.39 is 5.41 Å². The SMILES string of the molecule is CSC1(CNC(=O)C2(C#N)CCCCC2)CCCCC1. The largest absolute Gasteiger partial charge is 0.353 e. The van der Waals surface area contributed by atoms with Crippen LogP contribution < -0.4 is 5.32 Å². The molecule has 20 heavy (non-hydrogen) atoms. The molecule has 0 saturated heterocycles. The average molecular weight is 294 g/mol. The molecule has 2 fully saturated rings. The van der Waals surface area contributed by atoms with Gasteiger partial charge < -0.3 is 5.32 Å². The Bertz CT molecular complexity index is 376. The first-order chi connectivity index (χ1) is 9.66. The Balaban J connectivity index is 1.95. The minimum Gasteiger partial charge on any atom is -0.353 e. The summed E-state index contributed by atoms with van der Waals surface area (Å²) in [7, 11) is 0. The summed E-state index contributed by atoms with van der Waals surface area (Å²) in [6.07, 6.45) is 13.0. The molecule has 2 aliphatic carbocycles. The first kappa shape index (κ1) is 15.7. The molecule has 0 atom stereocenters. The third-order valence-corrected chi connectivity index (χ3v) is 6.54. The summed E-state index contributed by atoms with van der Waals surface area (Å²) in [4.78, 5) is 12.5. The van der Waals surface area contributed by atoms with Gasteiger partial charge in [0.2, 0.25) is 5.91 Å². The van der Waals surface area contributed by atoms with Crippen molar-refractivity contribution in [1.82, 2.24) is 5.32 Å². The van der Waals surface area contributed by atoms with Crippen molar-refractivity contribution in [3.8, 4) is 6.07 Å². The molecule has 2 rings (SSSR count). The lowest BCUT2D eigenvalue weighted by Gasteiger charge is -2.37. The topological polar surface area (TPSA) is 52.9 Å². The normalized spacial score (nSPS) is 24.6.